The number of fused-ring (bicyclic) bond motifs is 2. The van der Waals surface area contributed by atoms with Gasteiger partial charge in [0.2, 0.25) is 5.88 Å². The van der Waals surface area contributed by atoms with Crippen LogP contribution in [0.15, 0.2) is 66.7 Å². The number of piperidine rings is 1. The smallest absolute Gasteiger partial charge is 0.255 e. The topological polar surface area (TPSA) is 136 Å². The Morgan fingerprint density at radius 3 is 2.74 bits per heavy atom. The molecule has 11 heteroatoms. The minimum absolute atomic E-state index is 0.0395. The van der Waals surface area contributed by atoms with Gasteiger partial charge in [0.15, 0.2) is 0 Å². The summed E-state index contributed by atoms with van der Waals surface area (Å²) >= 11 is 0. The van der Waals surface area contributed by atoms with Crippen molar-refractivity contribution in [3.63, 3.8) is 0 Å². The monoisotopic (exact) mass is 628 g/mol. The highest BCUT2D eigenvalue weighted by molar-refractivity contribution is 6.07. The molecule has 47 heavy (non-hydrogen) atoms. The van der Waals surface area contributed by atoms with Crippen LogP contribution < -0.4 is 10.1 Å². The summed E-state index contributed by atoms with van der Waals surface area (Å²) in [5.74, 6) is 0.951. The maximum atomic E-state index is 14.3. The number of nitriles is 1. The van der Waals surface area contributed by atoms with Crippen LogP contribution in [0.25, 0.3) is 21.9 Å². The number of nitrogens with one attached hydrogen (secondary N) is 3. The van der Waals surface area contributed by atoms with E-state index in [0.29, 0.717) is 29.5 Å². The standard InChI is InChI=1S/C36H33FN8O2/c1-21-14-27(17-28-22(2)43-44-35(21)28)39-36(46)25-8-9-31-32(16-25)41-33(40-31)19-45-12-10-24(11-13-45)30-4-3-5-34(42-30)47-20-26-7-6-23(18-38)15-29(26)37/h3-9,14-17,24H,10-13,19-20H2,1-2H3,(H,39,46)(H,40,41)(H,43,44). The summed E-state index contributed by atoms with van der Waals surface area (Å²) in [6.45, 7) is 6.44. The van der Waals surface area contributed by atoms with Crippen molar-refractivity contribution in [3.8, 4) is 11.9 Å². The number of aromatic amines is 2. The Morgan fingerprint density at radius 1 is 1.09 bits per heavy atom. The lowest BCUT2D eigenvalue weighted by Crippen LogP contribution is -2.33. The van der Waals surface area contributed by atoms with Crippen molar-refractivity contribution in [2.75, 3.05) is 18.4 Å². The molecule has 0 bridgehead atoms. The molecule has 0 unspecified atom stereocenters. The number of H-pyrrole nitrogens is 2. The molecule has 0 saturated carbocycles. The fourth-order valence-corrected chi connectivity index (χ4v) is 6.19. The highest BCUT2D eigenvalue weighted by atomic mass is 19.1. The highest BCUT2D eigenvalue weighted by Crippen LogP contribution is 2.29. The van der Waals surface area contributed by atoms with Gasteiger partial charge in [-0.15, -0.1) is 0 Å². The van der Waals surface area contributed by atoms with Crippen molar-refractivity contribution in [2.24, 2.45) is 0 Å². The van der Waals surface area contributed by atoms with E-state index in [2.05, 4.69) is 25.4 Å². The number of hydrogen-bond acceptors (Lipinski definition) is 7. The number of aromatic nitrogens is 5. The second-order valence-electron chi connectivity index (χ2n) is 12.1. The number of imidazole rings is 1. The third kappa shape index (κ3) is 6.41. The molecule has 10 nitrogen and oxygen atoms in total. The molecule has 4 heterocycles. The zero-order valence-electron chi connectivity index (χ0n) is 26.1. The maximum absolute atomic E-state index is 14.3. The summed E-state index contributed by atoms with van der Waals surface area (Å²) < 4.78 is 20.1. The molecule has 0 spiro atoms. The Morgan fingerprint density at radius 2 is 1.94 bits per heavy atom. The molecule has 1 aliphatic heterocycles. The van der Waals surface area contributed by atoms with E-state index in [1.54, 1.807) is 24.3 Å². The van der Waals surface area contributed by atoms with Crippen molar-refractivity contribution in [3.05, 3.63) is 112 Å². The summed E-state index contributed by atoms with van der Waals surface area (Å²) in [6.07, 6.45) is 1.88. The molecule has 3 aromatic heterocycles. The van der Waals surface area contributed by atoms with Gasteiger partial charge in [0.05, 0.1) is 34.7 Å². The number of carbonyl (C=O) groups excluding carboxylic acids is 1. The number of carbonyl (C=O) groups is 1. The first-order valence-corrected chi connectivity index (χ1v) is 15.6. The summed E-state index contributed by atoms with van der Waals surface area (Å²) in [6, 6.07) is 21.4. The first-order chi connectivity index (χ1) is 22.8. The van der Waals surface area contributed by atoms with Gasteiger partial charge in [-0.1, -0.05) is 12.1 Å². The van der Waals surface area contributed by atoms with Crippen LogP contribution in [-0.4, -0.2) is 49.0 Å². The van der Waals surface area contributed by atoms with Gasteiger partial charge >= 0.3 is 0 Å². The Hall–Kier alpha value is -5.60. The first kappa shape index (κ1) is 30.1. The quantitative estimate of drug-likeness (QED) is 0.171. The first-order valence-electron chi connectivity index (χ1n) is 15.6. The van der Waals surface area contributed by atoms with Gasteiger partial charge < -0.3 is 15.0 Å². The molecular weight excluding hydrogens is 595 g/mol. The lowest BCUT2D eigenvalue weighted by atomic mass is 9.93. The number of anilines is 1. The molecule has 1 fully saturated rings. The van der Waals surface area contributed by atoms with Crippen molar-refractivity contribution in [1.29, 1.82) is 5.26 Å². The number of ether oxygens (including phenoxy) is 1. The largest absolute Gasteiger partial charge is 0.473 e. The Kier molecular flexibility index (Phi) is 8.10. The molecule has 3 N–H and O–H groups in total. The predicted molar refractivity (Wildman–Crippen MR) is 177 cm³/mol. The van der Waals surface area contributed by atoms with Gasteiger partial charge in [-0.05, 0) is 93.9 Å². The number of pyridine rings is 1. The fourth-order valence-electron chi connectivity index (χ4n) is 6.19. The SMILES string of the molecule is Cc1[nH]nc2c(C)cc(NC(=O)c3ccc4nc(CN5CCC(c6cccc(OCc7ccc(C#N)cc7F)n6)CC5)[nH]c4c3)cc12. The van der Waals surface area contributed by atoms with E-state index >= 15 is 0 Å². The van der Waals surface area contributed by atoms with Gasteiger partial charge in [-0.25, -0.2) is 14.4 Å². The van der Waals surface area contributed by atoms with Gasteiger partial charge in [0, 0.05) is 45.6 Å². The van der Waals surface area contributed by atoms with E-state index < -0.39 is 5.82 Å². The second kappa shape index (κ2) is 12.7. The predicted octanol–water partition coefficient (Wildman–Crippen LogP) is 6.67. The van der Waals surface area contributed by atoms with Crippen LogP contribution in [-0.2, 0) is 13.2 Å². The summed E-state index contributed by atoms with van der Waals surface area (Å²) in [7, 11) is 0. The third-order valence-electron chi connectivity index (χ3n) is 8.77. The number of hydrogen-bond donors (Lipinski definition) is 3. The van der Waals surface area contributed by atoms with Crippen LogP contribution in [0.5, 0.6) is 5.88 Å². The highest BCUT2D eigenvalue weighted by Gasteiger charge is 2.23. The lowest BCUT2D eigenvalue weighted by Gasteiger charge is -2.31. The third-order valence-corrected chi connectivity index (χ3v) is 8.77. The molecule has 0 aliphatic carbocycles. The van der Waals surface area contributed by atoms with Crippen LogP contribution >= 0.6 is 0 Å². The van der Waals surface area contributed by atoms with Crippen LogP contribution in [0, 0.1) is 31.0 Å². The van der Waals surface area contributed by atoms with Gasteiger partial charge in [0.25, 0.3) is 5.91 Å². The zero-order valence-corrected chi connectivity index (χ0v) is 26.1. The van der Waals surface area contributed by atoms with Crippen molar-refractivity contribution in [1.82, 2.24) is 30.0 Å². The Balaban J connectivity index is 0.947. The second-order valence-corrected chi connectivity index (χ2v) is 12.1. The average molecular weight is 629 g/mol. The Labute approximate surface area is 270 Å². The van der Waals surface area contributed by atoms with Crippen molar-refractivity contribution >= 4 is 33.5 Å². The van der Waals surface area contributed by atoms with E-state index in [0.717, 1.165) is 76.3 Å². The summed E-state index contributed by atoms with van der Waals surface area (Å²) in [4.78, 5) is 28.4. The minimum Gasteiger partial charge on any atom is -0.473 e. The lowest BCUT2D eigenvalue weighted by molar-refractivity contribution is 0.102. The van der Waals surface area contributed by atoms with Crippen molar-refractivity contribution < 1.29 is 13.9 Å². The molecule has 1 amide bonds. The number of rotatable bonds is 8. The van der Waals surface area contributed by atoms with Gasteiger partial charge in [-0.3, -0.25) is 14.8 Å². The number of amides is 1. The molecule has 7 rings (SSSR count). The number of aryl methyl sites for hydroxylation is 2. The van der Waals surface area contributed by atoms with E-state index in [9.17, 15) is 9.18 Å². The van der Waals surface area contributed by atoms with Crippen LogP contribution in [0.1, 0.15) is 63.0 Å². The van der Waals surface area contributed by atoms with Crippen LogP contribution in [0.4, 0.5) is 10.1 Å². The average Bonchev–Trinajstić information content (AvgIpc) is 3.66. The van der Waals surface area contributed by atoms with Crippen LogP contribution in [0.2, 0.25) is 0 Å². The molecular formula is C36H33FN8O2. The minimum atomic E-state index is -0.465. The molecule has 1 aliphatic rings. The van der Waals surface area contributed by atoms with E-state index in [1.807, 2.05) is 56.3 Å². The van der Waals surface area contributed by atoms with Gasteiger partial charge in [0.1, 0.15) is 18.2 Å². The van der Waals surface area contributed by atoms with Crippen LogP contribution in [0.3, 0.4) is 0 Å². The zero-order chi connectivity index (χ0) is 32.5. The number of benzene rings is 3. The van der Waals surface area contributed by atoms with E-state index in [1.165, 1.54) is 6.07 Å². The molecule has 0 atom stereocenters. The summed E-state index contributed by atoms with van der Waals surface area (Å²) in [5.41, 5.74) is 7.40. The van der Waals surface area contributed by atoms with Crippen molar-refractivity contribution in [2.45, 2.75) is 45.8 Å². The molecule has 236 valence electrons. The molecule has 6 aromatic rings. The van der Waals surface area contributed by atoms with E-state index in [-0.39, 0.29) is 18.1 Å². The number of halogens is 1. The number of likely N-dealkylation sites (tertiary alicyclic amines) is 1. The summed E-state index contributed by atoms with van der Waals surface area (Å²) in [5, 5.41) is 20.3. The number of nitrogens with zero attached hydrogens (tertiary/aromatic N) is 5. The molecule has 0 radical (unpaired) electrons. The maximum Gasteiger partial charge on any atom is 0.255 e. The Bertz CT molecular complexity index is 2160. The fraction of sp³-hybridized carbons (Fsp3) is 0.250. The normalized spacial score (nSPS) is 14.0. The van der Waals surface area contributed by atoms with E-state index in [4.69, 9.17) is 20.0 Å². The molecule has 1 saturated heterocycles. The molecule has 3 aromatic carbocycles. The van der Waals surface area contributed by atoms with Gasteiger partial charge in [-0.2, -0.15) is 10.4 Å².